The van der Waals surface area contributed by atoms with Gasteiger partial charge in [-0.3, -0.25) is 9.59 Å². The number of nitrogens with one attached hydrogen (secondary N) is 1. The lowest BCUT2D eigenvalue weighted by Gasteiger charge is -2.46. The Labute approximate surface area is 187 Å². The van der Waals surface area contributed by atoms with Gasteiger partial charge in [0.1, 0.15) is 12.6 Å². The SMILES string of the molecule is CCC[C@H](NC(=O)OCC1c2ccccc2-c2ccccc21)C(=O)N1CC(C)(C(=O)O)C1. The molecule has 2 N–H and O–H groups in total. The van der Waals surface area contributed by atoms with Gasteiger partial charge in [0.2, 0.25) is 5.91 Å². The first-order valence-electron chi connectivity index (χ1n) is 11.0. The van der Waals surface area contributed by atoms with Crippen LogP contribution in [0, 0.1) is 5.41 Å². The van der Waals surface area contributed by atoms with Crippen molar-refractivity contribution in [3.8, 4) is 11.1 Å². The number of carboxylic acid groups (broad SMARTS) is 1. The summed E-state index contributed by atoms with van der Waals surface area (Å²) >= 11 is 0. The summed E-state index contributed by atoms with van der Waals surface area (Å²) in [6.45, 7) is 4.01. The second kappa shape index (κ2) is 8.65. The Morgan fingerprint density at radius 1 is 1.09 bits per heavy atom. The molecule has 0 unspecified atom stereocenters. The lowest BCUT2D eigenvalue weighted by Crippen LogP contribution is -2.64. The van der Waals surface area contributed by atoms with Crippen molar-refractivity contribution in [3.05, 3.63) is 59.7 Å². The highest BCUT2D eigenvalue weighted by Gasteiger charge is 2.48. The number of benzene rings is 2. The molecular formula is C25H28N2O5. The van der Waals surface area contributed by atoms with Crippen LogP contribution in [0.2, 0.25) is 0 Å². The van der Waals surface area contributed by atoms with Crippen molar-refractivity contribution in [3.63, 3.8) is 0 Å². The summed E-state index contributed by atoms with van der Waals surface area (Å²) in [5.41, 5.74) is 3.62. The van der Waals surface area contributed by atoms with Gasteiger partial charge in [0, 0.05) is 19.0 Å². The molecule has 2 amide bonds. The number of hydrogen-bond donors (Lipinski definition) is 2. The van der Waals surface area contributed by atoms with Gasteiger partial charge in [0.05, 0.1) is 5.41 Å². The van der Waals surface area contributed by atoms with E-state index in [1.165, 1.54) is 4.90 Å². The predicted octanol–water partition coefficient (Wildman–Crippen LogP) is 3.63. The zero-order valence-corrected chi connectivity index (χ0v) is 18.3. The molecule has 1 heterocycles. The fourth-order valence-electron chi connectivity index (χ4n) is 4.64. The molecule has 1 aliphatic carbocycles. The molecular weight excluding hydrogens is 408 g/mol. The first kappa shape index (κ1) is 21.9. The van der Waals surface area contributed by atoms with Crippen molar-refractivity contribution < 1.29 is 24.2 Å². The number of carbonyl (C=O) groups excluding carboxylic acids is 2. The van der Waals surface area contributed by atoms with E-state index in [4.69, 9.17) is 4.74 Å². The lowest BCUT2D eigenvalue weighted by molar-refractivity contribution is -0.164. The number of aliphatic carboxylic acids is 1. The Morgan fingerprint density at radius 3 is 2.19 bits per heavy atom. The highest BCUT2D eigenvalue weighted by atomic mass is 16.5. The molecule has 7 heteroatoms. The van der Waals surface area contributed by atoms with Crippen LogP contribution in [-0.4, -0.2) is 53.7 Å². The quantitative estimate of drug-likeness (QED) is 0.691. The maximum absolute atomic E-state index is 12.8. The lowest BCUT2D eigenvalue weighted by atomic mass is 9.81. The molecule has 1 saturated heterocycles. The molecule has 168 valence electrons. The highest BCUT2D eigenvalue weighted by molar-refractivity contribution is 5.88. The van der Waals surface area contributed by atoms with Crippen molar-refractivity contribution >= 4 is 18.0 Å². The smallest absolute Gasteiger partial charge is 0.407 e. The van der Waals surface area contributed by atoms with Crippen LogP contribution in [0.4, 0.5) is 4.79 Å². The maximum atomic E-state index is 12.8. The van der Waals surface area contributed by atoms with Crippen molar-refractivity contribution in [2.75, 3.05) is 19.7 Å². The first-order valence-corrected chi connectivity index (χ1v) is 11.0. The number of fused-ring (bicyclic) bond motifs is 3. The number of carbonyl (C=O) groups is 3. The molecule has 1 fully saturated rings. The molecule has 7 nitrogen and oxygen atoms in total. The van der Waals surface area contributed by atoms with Crippen LogP contribution in [0.15, 0.2) is 48.5 Å². The van der Waals surface area contributed by atoms with E-state index in [0.29, 0.717) is 12.8 Å². The summed E-state index contributed by atoms with van der Waals surface area (Å²) in [4.78, 5) is 38.2. The standard InChI is InChI=1S/C25H28N2O5/c1-3-8-21(22(28)27-14-25(2,15-27)23(29)30)26-24(31)32-13-20-18-11-6-4-9-16(18)17-10-5-7-12-19(17)20/h4-7,9-12,20-21H,3,8,13-15H2,1-2H3,(H,26,31)(H,29,30)/t21-/m0/s1. The molecule has 0 saturated carbocycles. The minimum Gasteiger partial charge on any atom is -0.481 e. The van der Waals surface area contributed by atoms with Crippen LogP contribution in [0.3, 0.4) is 0 Å². The largest absolute Gasteiger partial charge is 0.481 e. The number of amides is 2. The number of ether oxygens (including phenoxy) is 1. The topological polar surface area (TPSA) is 95.9 Å². The molecule has 4 rings (SSSR count). The van der Waals surface area contributed by atoms with E-state index in [1.807, 2.05) is 43.3 Å². The summed E-state index contributed by atoms with van der Waals surface area (Å²) in [6, 6.07) is 15.5. The number of carboxylic acids is 1. The first-order chi connectivity index (χ1) is 15.3. The summed E-state index contributed by atoms with van der Waals surface area (Å²) in [7, 11) is 0. The van der Waals surface area contributed by atoms with Crippen molar-refractivity contribution in [2.45, 2.75) is 38.6 Å². The van der Waals surface area contributed by atoms with E-state index in [-0.39, 0.29) is 31.5 Å². The zero-order valence-electron chi connectivity index (χ0n) is 18.3. The van der Waals surface area contributed by atoms with E-state index in [2.05, 4.69) is 17.4 Å². The molecule has 2 aromatic carbocycles. The third-order valence-electron chi connectivity index (χ3n) is 6.42. The third-order valence-corrected chi connectivity index (χ3v) is 6.42. The monoisotopic (exact) mass is 436 g/mol. The number of likely N-dealkylation sites (tertiary alicyclic amines) is 1. The van der Waals surface area contributed by atoms with E-state index < -0.39 is 23.5 Å². The van der Waals surface area contributed by atoms with Gasteiger partial charge in [-0.2, -0.15) is 0 Å². The number of rotatable bonds is 7. The number of nitrogens with zero attached hydrogens (tertiary/aromatic N) is 1. The summed E-state index contributed by atoms with van der Waals surface area (Å²) in [5.74, 6) is -1.24. The Bertz CT molecular complexity index is 999. The van der Waals surface area contributed by atoms with Crippen LogP contribution in [-0.2, 0) is 14.3 Å². The second-order valence-electron chi connectivity index (χ2n) is 8.87. The van der Waals surface area contributed by atoms with Crippen LogP contribution in [0.5, 0.6) is 0 Å². The van der Waals surface area contributed by atoms with Crippen LogP contribution < -0.4 is 5.32 Å². The molecule has 0 bridgehead atoms. The Morgan fingerprint density at radius 2 is 1.66 bits per heavy atom. The molecule has 2 aliphatic rings. The molecule has 2 aromatic rings. The minimum atomic E-state index is -0.920. The summed E-state index contributed by atoms with van der Waals surface area (Å²) in [5, 5.41) is 12.0. The van der Waals surface area contributed by atoms with Crippen LogP contribution >= 0.6 is 0 Å². The van der Waals surface area contributed by atoms with E-state index in [9.17, 15) is 19.5 Å². The van der Waals surface area contributed by atoms with E-state index >= 15 is 0 Å². The average molecular weight is 437 g/mol. The second-order valence-corrected chi connectivity index (χ2v) is 8.87. The zero-order chi connectivity index (χ0) is 22.9. The van der Waals surface area contributed by atoms with E-state index in [0.717, 1.165) is 22.3 Å². The third kappa shape index (κ3) is 3.95. The van der Waals surface area contributed by atoms with Gasteiger partial charge in [-0.15, -0.1) is 0 Å². The fraction of sp³-hybridized carbons (Fsp3) is 0.400. The summed E-state index contributed by atoms with van der Waals surface area (Å²) < 4.78 is 5.56. The highest BCUT2D eigenvalue weighted by Crippen LogP contribution is 2.44. The van der Waals surface area contributed by atoms with Crippen molar-refractivity contribution in [2.24, 2.45) is 5.41 Å². The van der Waals surface area contributed by atoms with E-state index in [1.54, 1.807) is 6.92 Å². The predicted molar refractivity (Wildman–Crippen MR) is 119 cm³/mol. The molecule has 1 atom stereocenters. The molecule has 0 spiro atoms. The van der Waals surface area contributed by atoms with Gasteiger partial charge >= 0.3 is 12.1 Å². The fourth-order valence-corrected chi connectivity index (χ4v) is 4.64. The normalized spacial score (nSPS) is 17.0. The molecule has 0 aromatic heterocycles. The molecule has 32 heavy (non-hydrogen) atoms. The average Bonchev–Trinajstić information content (AvgIpc) is 3.08. The van der Waals surface area contributed by atoms with Gasteiger partial charge < -0.3 is 20.1 Å². The van der Waals surface area contributed by atoms with Crippen LogP contribution in [0.1, 0.15) is 43.7 Å². The minimum absolute atomic E-state index is 0.0554. The number of hydrogen-bond acceptors (Lipinski definition) is 4. The summed E-state index contributed by atoms with van der Waals surface area (Å²) in [6.07, 6.45) is 0.521. The van der Waals surface area contributed by atoms with Gasteiger partial charge in [-0.1, -0.05) is 61.9 Å². The Balaban J connectivity index is 1.39. The maximum Gasteiger partial charge on any atom is 0.407 e. The van der Waals surface area contributed by atoms with Crippen molar-refractivity contribution in [1.29, 1.82) is 0 Å². The van der Waals surface area contributed by atoms with Gasteiger partial charge in [0.25, 0.3) is 0 Å². The van der Waals surface area contributed by atoms with Gasteiger partial charge in [0.15, 0.2) is 0 Å². The molecule has 0 radical (unpaired) electrons. The number of alkyl carbamates (subject to hydrolysis) is 1. The van der Waals surface area contributed by atoms with Crippen molar-refractivity contribution in [1.82, 2.24) is 10.2 Å². The van der Waals surface area contributed by atoms with Crippen LogP contribution in [0.25, 0.3) is 11.1 Å². The Kier molecular flexibility index (Phi) is 5.91. The Hall–Kier alpha value is -3.35. The van der Waals surface area contributed by atoms with Gasteiger partial charge in [-0.05, 0) is 35.6 Å². The molecule has 1 aliphatic heterocycles. The van der Waals surface area contributed by atoms with Gasteiger partial charge in [-0.25, -0.2) is 4.79 Å².